The van der Waals surface area contributed by atoms with Crippen LogP contribution in [0.3, 0.4) is 0 Å². The van der Waals surface area contributed by atoms with Crippen molar-refractivity contribution in [3.8, 4) is 0 Å². The van der Waals surface area contributed by atoms with Crippen molar-refractivity contribution in [2.24, 2.45) is 5.92 Å². The number of carbonyl (C=O) groups is 1. The van der Waals surface area contributed by atoms with Gasteiger partial charge in [-0.15, -0.1) is 0 Å². The second-order valence-electron chi connectivity index (χ2n) is 4.65. The van der Waals surface area contributed by atoms with Crippen molar-refractivity contribution in [2.75, 3.05) is 18.4 Å². The zero-order chi connectivity index (χ0) is 12.8. The molecule has 1 fully saturated rings. The molecular weight excluding hydrogens is 233 g/mol. The molecule has 1 saturated heterocycles. The Morgan fingerprint density at radius 3 is 3.22 bits per heavy atom. The highest BCUT2D eigenvalue weighted by Crippen LogP contribution is 2.17. The molecule has 1 aliphatic heterocycles. The van der Waals surface area contributed by atoms with Gasteiger partial charge in [-0.1, -0.05) is 0 Å². The van der Waals surface area contributed by atoms with Crippen molar-refractivity contribution in [3.05, 3.63) is 24.3 Å². The van der Waals surface area contributed by atoms with Gasteiger partial charge in [0.15, 0.2) is 5.82 Å². The molecule has 1 atom stereocenters. The van der Waals surface area contributed by atoms with E-state index in [4.69, 9.17) is 0 Å². The van der Waals surface area contributed by atoms with E-state index in [1.165, 1.54) is 25.1 Å². The summed E-state index contributed by atoms with van der Waals surface area (Å²) in [6.07, 6.45) is 6.19. The van der Waals surface area contributed by atoms with Gasteiger partial charge in [0, 0.05) is 12.6 Å². The molecule has 2 rings (SSSR count). The summed E-state index contributed by atoms with van der Waals surface area (Å²) in [6, 6.07) is 1.47. The van der Waals surface area contributed by atoms with Gasteiger partial charge in [-0.25, -0.2) is 4.39 Å². The zero-order valence-electron chi connectivity index (χ0n) is 10.3. The van der Waals surface area contributed by atoms with E-state index in [0.717, 1.165) is 25.7 Å². The molecule has 0 aromatic carbocycles. The summed E-state index contributed by atoms with van der Waals surface area (Å²) in [4.78, 5) is 15.3. The van der Waals surface area contributed by atoms with Gasteiger partial charge in [0.1, 0.15) is 0 Å². The number of aromatic nitrogens is 1. The summed E-state index contributed by atoms with van der Waals surface area (Å²) in [5.74, 6) is -0.0670. The van der Waals surface area contributed by atoms with E-state index >= 15 is 0 Å². The van der Waals surface area contributed by atoms with Gasteiger partial charge in [-0.05, 0) is 44.3 Å². The number of piperidine rings is 1. The second kappa shape index (κ2) is 6.44. The normalized spacial score (nSPS) is 19.5. The molecule has 0 spiro atoms. The molecule has 0 aliphatic carbocycles. The van der Waals surface area contributed by atoms with Crippen LogP contribution < -0.4 is 10.6 Å². The van der Waals surface area contributed by atoms with Gasteiger partial charge < -0.3 is 10.6 Å². The van der Waals surface area contributed by atoms with Crippen LogP contribution in [-0.4, -0.2) is 24.0 Å². The molecule has 0 saturated carbocycles. The average Bonchev–Trinajstić information content (AvgIpc) is 2.40. The zero-order valence-corrected chi connectivity index (χ0v) is 10.3. The summed E-state index contributed by atoms with van der Waals surface area (Å²) in [5, 5.41) is 5.89. The molecule has 18 heavy (non-hydrogen) atoms. The largest absolute Gasteiger partial charge is 0.324 e. The number of hydrogen-bond acceptors (Lipinski definition) is 3. The van der Waals surface area contributed by atoms with Crippen LogP contribution in [0.25, 0.3) is 0 Å². The third kappa shape index (κ3) is 3.77. The van der Waals surface area contributed by atoms with Gasteiger partial charge in [-0.3, -0.25) is 9.78 Å². The first-order valence-electron chi connectivity index (χ1n) is 6.36. The summed E-state index contributed by atoms with van der Waals surface area (Å²) in [6.45, 7) is 2.06. The van der Waals surface area contributed by atoms with E-state index in [0.29, 0.717) is 12.3 Å². The Bertz CT molecular complexity index is 405. The minimum Gasteiger partial charge on any atom is -0.324 e. The Hall–Kier alpha value is -1.49. The maximum Gasteiger partial charge on any atom is 0.224 e. The number of amides is 1. The Morgan fingerprint density at radius 2 is 2.50 bits per heavy atom. The van der Waals surface area contributed by atoms with Crippen molar-refractivity contribution in [1.29, 1.82) is 0 Å². The molecule has 1 aromatic heterocycles. The van der Waals surface area contributed by atoms with Crippen molar-refractivity contribution >= 4 is 11.6 Å². The molecule has 5 heteroatoms. The fraction of sp³-hybridized carbons (Fsp3) is 0.538. The van der Waals surface area contributed by atoms with Crippen LogP contribution in [0.1, 0.15) is 25.7 Å². The van der Waals surface area contributed by atoms with Gasteiger partial charge in [0.2, 0.25) is 5.91 Å². The van der Waals surface area contributed by atoms with E-state index in [9.17, 15) is 9.18 Å². The predicted octanol–water partition coefficient (Wildman–Crippen LogP) is 1.94. The highest BCUT2D eigenvalue weighted by molar-refractivity contribution is 5.90. The molecule has 1 unspecified atom stereocenters. The number of hydrogen-bond donors (Lipinski definition) is 2. The lowest BCUT2D eigenvalue weighted by molar-refractivity contribution is -0.116. The van der Waals surface area contributed by atoms with Crippen molar-refractivity contribution in [1.82, 2.24) is 10.3 Å². The van der Waals surface area contributed by atoms with Crippen LogP contribution in [0.4, 0.5) is 10.1 Å². The standard InChI is InChI=1S/C13H18FN3O/c14-11-9-16-7-5-12(11)17-13(18)4-3-10-2-1-6-15-8-10/h5,7,9-10,15H,1-4,6,8H2,(H,16,17,18). The summed E-state index contributed by atoms with van der Waals surface area (Å²) in [5.41, 5.74) is 0.205. The van der Waals surface area contributed by atoms with Crippen LogP contribution >= 0.6 is 0 Å². The van der Waals surface area contributed by atoms with Gasteiger partial charge in [-0.2, -0.15) is 0 Å². The lowest BCUT2D eigenvalue weighted by Crippen LogP contribution is -2.30. The number of anilines is 1. The third-order valence-electron chi connectivity index (χ3n) is 3.23. The minimum atomic E-state index is -0.495. The van der Waals surface area contributed by atoms with Crippen LogP contribution in [0, 0.1) is 11.7 Å². The first kappa shape index (κ1) is 13.0. The van der Waals surface area contributed by atoms with E-state index in [-0.39, 0.29) is 11.6 Å². The van der Waals surface area contributed by atoms with Gasteiger partial charge in [0.05, 0.1) is 11.9 Å². The average molecular weight is 251 g/mol. The number of rotatable bonds is 4. The minimum absolute atomic E-state index is 0.134. The number of pyridine rings is 1. The SMILES string of the molecule is O=C(CCC1CCCNC1)Nc1ccncc1F. The van der Waals surface area contributed by atoms with Gasteiger partial charge in [0.25, 0.3) is 0 Å². The van der Waals surface area contributed by atoms with E-state index in [2.05, 4.69) is 15.6 Å². The van der Waals surface area contributed by atoms with Crippen molar-refractivity contribution in [2.45, 2.75) is 25.7 Å². The summed E-state index contributed by atoms with van der Waals surface area (Å²) < 4.78 is 13.3. The molecule has 4 nitrogen and oxygen atoms in total. The number of halogens is 1. The molecule has 98 valence electrons. The van der Waals surface area contributed by atoms with Crippen LogP contribution in [0.2, 0.25) is 0 Å². The molecular formula is C13H18FN3O. The topological polar surface area (TPSA) is 54.0 Å². The monoisotopic (exact) mass is 251 g/mol. The maximum absolute atomic E-state index is 13.3. The molecule has 2 N–H and O–H groups in total. The van der Waals surface area contributed by atoms with E-state index in [1.807, 2.05) is 0 Å². The first-order valence-corrected chi connectivity index (χ1v) is 6.36. The quantitative estimate of drug-likeness (QED) is 0.859. The van der Waals surface area contributed by atoms with Crippen molar-refractivity contribution in [3.63, 3.8) is 0 Å². The first-order chi connectivity index (χ1) is 8.75. The second-order valence-corrected chi connectivity index (χ2v) is 4.65. The molecule has 0 radical (unpaired) electrons. The fourth-order valence-electron chi connectivity index (χ4n) is 2.19. The van der Waals surface area contributed by atoms with Crippen LogP contribution in [-0.2, 0) is 4.79 Å². The van der Waals surface area contributed by atoms with E-state index in [1.54, 1.807) is 0 Å². The molecule has 0 bridgehead atoms. The van der Waals surface area contributed by atoms with Crippen molar-refractivity contribution < 1.29 is 9.18 Å². The number of nitrogens with zero attached hydrogens (tertiary/aromatic N) is 1. The summed E-state index contributed by atoms with van der Waals surface area (Å²) >= 11 is 0. The molecule has 1 aromatic rings. The fourth-order valence-corrected chi connectivity index (χ4v) is 2.19. The predicted molar refractivity (Wildman–Crippen MR) is 67.7 cm³/mol. The highest BCUT2D eigenvalue weighted by Gasteiger charge is 2.15. The summed E-state index contributed by atoms with van der Waals surface area (Å²) in [7, 11) is 0. The smallest absolute Gasteiger partial charge is 0.224 e. The Labute approximate surface area is 106 Å². The maximum atomic E-state index is 13.3. The lowest BCUT2D eigenvalue weighted by Gasteiger charge is -2.22. The Balaban J connectivity index is 1.76. The number of nitrogens with one attached hydrogen (secondary N) is 2. The molecule has 2 heterocycles. The Kier molecular flexibility index (Phi) is 4.64. The Morgan fingerprint density at radius 1 is 1.61 bits per heavy atom. The third-order valence-corrected chi connectivity index (χ3v) is 3.23. The number of carbonyl (C=O) groups excluding carboxylic acids is 1. The highest BCUT2D eigenvalue weighted by atomic mass is 19.1. The van der Waals surface area contributed by atoms with Crippen LogP contribution in [0.15, 0.2) is 18.5 Å². The molecule has 1 aliphatic rings. The van der Waals surface area contributed by atoms with Gasteiger partial charge >= 0.3 is 0 Å². The molecule has 1 amide bonds. The lowest BCUT2D eigenvalue weighted by atomic mass is 9.94. The van der Waals surface area contributed by atoms with E-state index < -0.39 is 5.82 Å². The van der Waals surface area contributed by atoms with Crippen LogP contribution in [0.5, 0.6) is 0 Å².